The molecule has 0 aliphatic carbocycles. The molecule has 6 nitrogen and oxygen atoms in total. The molecule has 122 valence electrons. The number of non-ortho nitro benzene ring substituents is 1. The van der Waals surface area contributed by atoms with E-state index < -0.39 is 0 Å². The summed E-state index contributed by atoms with van der Waals surface area (Å²) in [5.74, 6) is 0.807. The van der Waals surface area contributed by atoms with Crippen LogP contribution in [-0.2, 0) is 0 Å². The van der Waals surface area contributed by atoms with Gasteiger partial charge in [-0.2, -0.15) is 0 Å². The quantitative estimate of drug-likeness (QED) is 0.692. The zero-order valence-corrected chi connectivity index (χ0v) is 13.2. The van der Waals surface area contributed by atoms with Crippen LogP contribution in [0.4, 0.5) is 11.5 Å². The average molecular weight is 315 g/mol. The number of hydrogen-bond donors (Lipinski definition) is 1. The van der Waals surface area contributed by atoms with Crippen LogP contribution in [0.15, 0.2) is 24.4 Å². The second kappa shape index (κ2) is 6.50. The van der Waals surface area contributed by atoms with Gasteiger partial charge in [-0.1, -0.05) is 6.07 Å². The van der Waals surface area contributed by atoms with Crippen LogP contribution in [-0.4, -0.2) is 34.2 Å². The van der Waals surface area contributed by atoms with Crippen molar-refractivity contribution in [2.24, 2.45) is 0 Å². The minimum atomic E-state index is -0.340. The van der Waals surface area contributed by atoms with E-state index in [2.05, 4.69) is 9.88 Å². The molecule has 2 aromatic rings. The highest BCUT2D eigenvalue weighted by Gasteiger charge is 2.26. The van der Waals surface area contributed by atoms with E-state index in [0.717, 1.165) is 42.6 Å². The van der Waals surface area contributed by atoms with Crippen molar-refractivity contribution in [1.82, 2.24) is 4.98 Å². The van der Waals surface area contributed by atoms with Crippen LogP contribution in [0.5, 0.6) is 0 Å². The number of aryl methyl sites for hydroxylation is 1. The summed E-state index contributed by atoms with van der Waals surface area (Å²) in [5.41, 5.74) is 1.10. The Morgan fingerprint density at radius 2 is 2.22 bits per heavy atom. The van der Waals surface area contributed by atoms with Gasteiger partial charge in [-0.15, -0.1) is 0 Å². The van der Waals surface area contributed by atoms with Crippen LogP contribution in [0, 0.1) is 17.0 Å². The largest absolute Gasteiger partial charge is 0.396 e. The fraction of sp³-hybridized carbons (Fsp3) is 0.471. The molecule has 1 aromatic heterocycles. The molecule has 3 rings (SSSR count). The van der Waals surface area contributed by atoms with E-state index in [9.17, 15) is 15.2 Å². The standard InChI is InChI=1S/C17H21N3O3/c1-12-5-6-15(20(22)23)14-7-9-18-17(16(12)14)19-10-3-2-4-13(19)8-11-21/h5-7,9,13,21H,2-4,8,10-11H2,1H3. The summed E-state index contributed by atoms with van der Waals surface area (Å²) in [4.78, 5) is 17.7. The number of piperidine rings is 1. The van der Waals surface area contributed by atoms with Crippen LogP contribution in [0.2, 0.25) is 0 Å². The summed E-state index contributed by atoms with van der Waals surface area (Å²) in [7, 11) is 0. The maximum atomic E-state index is 11.3. The number of nitro groups is 1. The van der Waals surface area contributed by atoms with Gasteiger partial charge >= 0.3 is 0 Å². The van der Waals surface area contributed by atoms with Gasteiger partial charge in [0.1, 0.15) is 5.82 Å². The Morgan fingerprint density at radius 1 is 1.39 bits per heavy atom. The number of hydrogen-bond acceptors (Lipinski definition) is 5. The van der Waals surface area contributed by atoms with Gasteiger partial charge in [0.05, 0.1) is 10.3 Å². The third-order valence-corrected chi connectivity index (χ3v) is 4.65. The highest BCUT2D eigenvalue weighted by Crippen LogP contribution is 2.36. The van der Waals surface area contributed by atoms with E-state index in [1.165, 1.54) is 0 Å². The van der Waals surface area contributed by atoms with E-state index in [-0.39, 0.29) is 23.3 Å². The fourth-order valence-electron chi connectivity index (χ4n) is 3.54. The number of anilines is 1. The van der Waals surface area contributed by atoms with Gasteiger partial charge in [-0.25, -0.2) is 4.98 Å². The molecule has 1 saturated heterocycles. The van der Waals surface area contributed by atoms with Gasteiger partial charge in [-0.05, 0) is 44.2 Å². The lowest BCUT2D eigenvalue weighted by molar-refractivity contribution is -0.383. The van der Waals surface area contributed by atoms with E-state index in [4.69, 9.17) is 0 Å². The Balaban J connectivity index is 2.17. The first-order chi connectivity index (χ1) is 11.1. The van der Waals surface area contributed by atoms with Crippen LogP contribution in [0.3, 0.4) is 0 Å². The van der Waals surface area contributed by atoms with Crippen molar-refractivity contribution in [3.63, 3.8) is 0 Å². The molecule has 1 aliphatic rings. The molecular weight excluding hydrogens is 294 g/mol. The highest BCUT2D eigenvalue weighted by atomic mass is 16.6. The highest BCUT2D eigenvalue weighted by molar-refractivity contribution is 6.00. The van der Waals surface area contributed by atoms with E-state index in [0.29, 0.717) is 11.8 Å². The zero-order valence-electron chi connectivity index (χ0n) is 13.2. The predicted molar refractivity (Wildman–Crippen MR) is 89.8 cm³/mol. The zero-order chi connectivity index (χ0) is 16.4. The molecule has 1 N–H and O–H groups in total. The summed E-state index contributed by atoms with van der Waals surface area (Å²) in [6.07, 6.45) is 5.59. The normalized spacial score (nSPS) is 18.3. The SMILES string of the molecule is Cc1ccc([N+](=O)[O-])c2ccnc(N3CCCCC3CCO)c12. The van der Waals surface area contributed by atoms with Crippen molar-refractivity contribution < 1.29 is 10.0 Å². The summed E-state index contributed by atoms with van der Waals surface area (Å²) < 4.78 is 0. The third kappa shape index (κ3) is 2.86. The topological polar surface area (TPSA) is 79.5 Å². The monoisotopic (exact) mass is 315 g/mol. The van der Waals surface area contributed by atoms with Crippen molar-refractivity contribution >= 4 is 22.3 Å². The van der Waals surface area contributed by atoms with Crippen molar-refractivity contribution in [3.8, 4) is 0 Å². The number of nitrogens with zero attached hydrogens (tertiary/aromatic N) is 3. The van der Waals surface area contributed by atoms with Gasteiger partial charge in [0.25, 0.3) is 5.69 Å². The lowest BCUT2D eigenvalue weighted by Crippen LogP contribution is -2.40. The van der Waals surface area contributed by atoms with Crippen molar-refractivity contribution in [1.29, 1.82) is 0 Å². The van der Waals surface area contributed by atoms with Crippen molar-refractivity contribution in [2.45, 2.75) is 38.6 Å². The Kier molecular flexibility index (Phi) is 4.43. The molecule has 0 saturated carbocycles. The molecule has 1 atom stereocenters. The first-order valence-electron chi connectivity index (χ1n) is 8.03. The number of benzene rings is 1. The smallest absolute Gasteiger partial charge is 0.277 e. The van der Waals surface area contributed by atoms with Crippen molar-refractivity contribution in [3.05, 3.63) is 40.1 Å². The first kappa shape index (κ1) is 15.7. The Morgan fingerprint density at radius 3 is 2.96 bits per heavy atom. The summed E-state index contributed by atoms with van der Waals surface area (Å²) in [6, 6.07) is 5.31. The van der Waals surface area contributed by atoms with Crippen LogP contribution in [0.1, 0.15) is 31.2 Å². The van der Waals surface area contributed by atoms with Crippen molar-refractivity contribution in [2.75, 3.05) is 18.1 Å². The molecule has 0 radical (unpaired) electrons. The van der Waals surface area contributed by atoms with E-state index in [1.807, 2.05) is 6.92 Å². The third-order valence-electron chi connectivity index (χ3n) is 4.65. The summed E-state index contributed by atoms with van der Waals surface area (Å²) in [5, 5.41) is 22.1. The number of aliphatic hydroxyl groups excluding tert-OH is 1. The average Bonchev–Trinajstić information content (AvgIpc) is 2.55. The number of nitro benzene ring substituents is 1. The molecule has 1 fully saturated rings. The van der Waals surface area contributed by atoms with Gasteiger partial charge in [0.15, 0.2) is 0 Å². The van der Waals surface area contributed by atoms with E-state index in [1.54, 1.807) is 24.4 Å². The number of pyridine rings is 1. The summed E-state index contributed by atoms with van der Waals surface area (Å²) >= 11 is 0. The van der Waals surface area contributed by atoms with Gasteiger partial charge in [0.2, 0.25) is 0 Å². The second-order valence-corrected chi connectivity index (χ2v) is 6.07. The molecule has 0 amide bonds. The maximum absolute atomic E-state index is 11.3. The molecular formula is C17H21N3O3. The van der Waals surface area contributed by atoms with Crippen LogP contribution >= 0.6 is 0 Å². The number of aromatic nitrogens is 1. The Labute approximate surface area is 134 Å². The maximum Gasteiger partial charge on any atom is 0.277 e. The van der Waals surface area contributed by atoms with Gasteiger partial charge in [0, 0.05) is 36.8 Å². The number of rotatable bonds is 4. The molecule has 0 spiro atoms. The fourth-order valence-corrected chi connectivity index (χ4v) is 3.54. The number of aliphatic hydroxyl groups is 1. The molecule has 23 heavy (non-hydrogen) atoms. The molecule has 1 aliphatic heterocycles. The molecule has 1 aromatic carbocycles. The Bertz CT molecular complexity index is 730. The lowest BCUT2D eigenvalue weighted by Gasteiger charge is -2.37. The molecule has 1 unspecified atom stereocenters. The predicted octanol–water partition coefficient (Wildman–Crippen LogP) is 3.19. The molecule has 0 bridgehead atoms. The van der Waals surface area contributed by atoms with E-state index >= 15 is 0 Å². The molecule has 6 heteroatoms. The second-order valence-electron chi connectivity index (χ2n) is 6.07. The van der Waals surface area contributed by atoms with Gasteiger partial charge in [-0.3, -0.25) is 10.1 Å². The van der Waals surface area contributed by atoms with Crippen LogP contribution in [0.25, 0.3) is 10.8 Å². The minimum absolute atomic E-state index is 0.116. The number of fused-ring (bicyclic) bond motifs is 1. The minimum Gasteiger partial charge on any atom is -0.396 e. The first-order valence-corrected chi connectivity index (χ1v) is 8.03. The summed E-state index contributed by atoms with van der Waals surface area (Å²) in [6.45, 7) is 2.98. The lowest BCUT2D eigenvalue weighted by atomic mass is 9.97. The van der Waals surface area contributed by atoms with Crippen LogP contribution < -0.4 is 4.90 Å². The Hall–Kier alpha value is -2.21. The van der Waals surface area contributed by atoms with Gasteiger partial charge < -0.3 is 10.0 Å². The molecule has 2 heterocycles.